The fourth-order valence-electron chi connectivity index (χ4n) is 4.91. The zero-order valence-corrected chi connectivity index (χ0v) is 20.8. The van der Waals surface area contributed by atoms with Gasteiger partial charge in [0.05, 0.1) is 6.04 Å². The number of hydrogen-bond donors (Lipinski definition) is 0. The van der Waals surface area contributed by atoms with E-state index >= 15 is 0 Å². The third kappa shape index (κ3) is 5.35. The summed E-state index contributed by atoms with van der Waals surface area (Å²) in [5.74, 6) is 0.213. The highest BCUT2D eigenvalue weighted by Gasteiger charge is 2.34. The summed E-state index contributed by atoms with van der Waals surface area (Å²) in [4.78, 5) is 21.7. The molecule has 3 aliphatic rings. The number of ether oxygens (including phenoxy) is 1. The lowest BCUT2D eigenvalue weighted by Gasteiger charge is -2.27. The lowest BCUT2D eigenvalue weighted by Crippen LogP contribution is -2.30. The number of anilines is 2. The third-order valence-corrected chi connectivity index (χ3v) is 6.80. The second kappa shape index (κ2) is 11.3. The Morgan fingerprint density at radius 3 is 2.47 bits per heavy atom. The summed E-state index contributed by atoms with van der Waals surface area (Å²) >= 11 is 0. The Bertz CT molecular complexity index is 1220. The normalized spacial score (nSPS) is 20.5. The summed E-state index contributed by atoms with van der Waals surface area (Å²) in [6.45, 7) is 2.50. The molecule has 0 N–H and O–H groups in total. The van der Waals surface area contributed by atoms with Crippen LogP contribution in [0.1, 0.15) is 51.0 Å². The molecule has 0 spiro atoms. The lowest BCUT2D eigenvalue weighted by atomic mass is 9.96. The van der Waals surface area contributed by atoms with Crippen molar-refractivity contribution in [1.29, 1.82) is 0 Å². The van der Waals surface area contributed by atoms with E-state index in [2.05, 4.69) is 71.7 Å². The molecule has 0 aromatic heterocycles. The molecule has 1 saturated heterocycles. The zero-order chi connectivity index (χ0) is 24.7. The number of nitrogens with zero attached hydrogens (tertiary/aromatic N) is 3. The van der Waals surface area contributed by atoms with Crippen LogP contribution in [0.25, 0.3) is 6.08 Å². The number of carbonyl (C=O) groups excluding carboxylic acids is 1. The van der Waals surface area contributed by atoms with Crippen LogP contribution in [0, 0.1) is 0 Å². The van der Waals surface area contributed by atoms with Gasteiger partial charge < -0.3 is 9.64 Å². The van der Waals surface area contributed by atoms with Crippen molar-refractivity contribution in [3.05, 3.63) is 102 Å². The Balaban J connectivity index is 1.40. The molecule has 1 amide bonds. The summed E-state index contributed by atoms with van der Waals surface area (Å²) in [5.41, 5.74) is 4.27. The van der Waals surface area contributed by atoms with Gasteiger partial charge in [-0.25, -0.2) is 4.99 Å². The first-order valence-corrected chi connectivity index (χ1v) is 13.0. The largest absolute Gasteiger partial charge is 0.420 e. The van der Waals surface area contributed by atoms with Gasteiger partial charge in [-0.1, -0.05) is 73.9 Å². The predicted molar refractivity (Wildman–Crippen MR) is 147 cm³/mol. The van der Waals surface area contributed by atoms with Gasteiger partial charge in [0.2, 0.25) is 0 Å². The molecule has 0 radical (unpaired) electrons. The van der Waals surface area contributed by atoms with Crippen molar-refractivity contribution in [2.45, 2.75) is 51.5 Å². The quantitative estimate of drug-likeness (QED) is 0.414. The molecular formula is C31H33N3O2. The standard InChI is InChI=1S/C31H33N3O2/c1-2-33-30(35)29(36-31(33)32-25-13-7-5-8-14-25)23-24-19-21-28(22-20-24)34(27-17-11-6-12-18-27)26-15-9-3-4-10-16-26/h3-4,6,9-12,15,17-23,25H,2,5,7-8,13-14,16H2,1H3/b29-23+,32-31?. The van der Waals surface area contributed by atoms with E-state index in [9.17, 15) is 4.79 Å². The fourth-order valence-corrected chi connectivity index (χ4v) is 4.91. The number of amidine groups is 1. The highest BCUT2D eigenvalue weighted by Crippen LogP contribution is 2.33. The van der Waals surface area contributed by atoms with Crippen molar-refractivity contribution in [2.75, 3.05) is 11.4 Å². The molecule has 0 atom stereocenters. The van der Waals surface area contributed by atoms with Crippen LogP contribution in [0.4, 0.5) is 11.4 Å². The van der Waals surface area contributed by atoms with Crippen molar-refractivity contribution in [3.63, 3.8) is 0 Å². The molecule has 1 saturated carbocycles. The SMILES string of the molecule is CCN1C(=O)/C(=C\c2ccc(N(C3=CC=CC=CC3)c3ccccc3)cc2)OC1=NC1CCCCC1. The van der Waals surface area contributed by atoms with Crippen LogP contribution in [-0.2, 0) is 9.53 Å². The monoisotopic (exact) mass is 479 g/mol. The van der Waals surface area contributed by atoms with Gasteiger partial charge in [-0.3, -0.25) is 9.69 Å². The van der Waals surface area contributed by atoms with Gasteiger partial charge in [-0.05, 0) is 61.7 Å². The van der Waals surface area contributed by atoms with Gasteiger partial charge in [0.1, 0.15) is 0 Å². The summed E-state index contributed by atoms with van der Waals surface area (Å²) in [6.07, 6.45) is 19.0. The number of hydrogen-bond acceptors (Lipinski definition) is 4. The van der Waals surface area contributed by atoms with Gasteiger partial charge in [0.15, 0.2) is 5.76 Å². The van der Waals surface area contributed by atoms with Gasteiger partial charge in [-0.15, -0.1) is 0 Å². The van der Waals surface area contributed by atoms with Crippen LogP contribution in [0.5, 0.6) is 0 Å². The Hall–Kier alpha value is -3.86. The fraction of sp³-hybridized carbons (Fsp3) is 0.290. The van der Waals surface area contributed by atoms with Gasteiger partial charge >= 0.3 is 6.02 Å². The molecule has 1 heterocycles. The maximum atomic E-state index is 13.0. The summed E-state index contributed by atoms with van der Waals surface area (Å²) < 4.78 is 5.99. The number of aliphatic imine (C=N–C) groups is 1. The predicted octanol–water partition coefficient (Wildman–Crippen LogP) is 7.13. The van der Waals surface area contributed by atoms with E-state index in [0.717, 1.165) is 36.2 Å². The number of amides is 1. The average Bonchev–Trinajstić information content (AvgIpc) is 3.06. The molecule has 5 heteroatoms. The molecule has 1 aliphatic heterocycles. The van der Waals surface area contributed by atoms with Crippen molar-refractivity contribution in [3.8, 4) is 0 Å². The van der Waals surface area contributed by atoms with E-state index in [0.29, 0.717) is 18.3 Å². The molecule has 0 unspecified atom stereocenters. The minimum absolute atomic E-state index is 0.121. The molecule has 36 heavy (non-hydrogen) atoms. The second-order valence-corrected chi connectivity index (χ2v) is 9.30. The smallest absolute Gasteiger partial charge is 0.300 e. The highest BCUT2D eigenvalue weighted by molar-refractivity contribution is 6.11. The molecule has 2 aliphatic carbocycles. The first-order chi connectivity index (χ1) is 17.7. The maximum Gasteiger partial charge on any atom is 0.300 e. The van der Waals surface area contributed by atoms with Crippen molar-refractivity contribution < 1.29 is 9.53 Å². The van der Waals surface area contributed by atoms with Gasteiger partial charge in [0.25, 0.3) is 5.91 Å². The number of benzene rings is 2. The van der Waals surface area contributed by atoms with Gasteiger partial charge in [0, 0.05) is 30.0 Å². The molecule has 0 bridgehead atoms. The first-order valence-electron chi connectivity index (χ1n) is 13.0. The number of allylic oxidation sites excluding steroid dienone is 5. The number of rotatable bonds is 6. The molecule has 2 fully saturated rings. The molecule has 2 aromatic rings. The minimum atomic E-state index is -0.121. The molecule has 184 valence electrons. The Labute approximate surface area is 213 Å². The van der Waals surface area contributed by atoms with Crippen LogP contribution < -0.4 is 4.90 Å². The van der Waals surface area contributed by atoms with Crippen molar-refractivity contribution in [1.82, 2.24) is 4.90 Å². The molecule has 2 aromatic carbocycles. The highest BCUT2D eigenvalue weighted by atomic mass is 16.5. The lowest BCUT2D eigenvalue weighted by molar-refractivity contribution is -0.122. The average molecular weight is 480 g/mol. The van der Waals surface area contributed by atoms with E-state index in [1.807, 2.05) is 31.2 Å². The topological polar surface area (TPSA) is 45.1 Å². The van der Waals surface area contributed by atoms with Crippen LogP contribution in [0.15, 0.2) is 101 Å². The first kappa shape index (κ1) is 23.9. The minimum Gasteiger partial charge on any atom is -0.420 e. The number of likely N-dealkylation sites (N-methyl/N-ethyl adjacent to an activating group) is 1. The Morgan fingerprint density at radius 2 is 1.72 bits per heavy atom. The zero-order valence-electron chi connectivity index (χ0n) is 20.8. The summed E-state index contributed by atoms with van der Waals surface area (Å²) in [7, 11) is 0. The number of para-hydroxylation sites is 1. The Kier molecular flexibility index (Phi) is 7.46. The number of carbonyl (C=O) groups is 1. The maximum absolute atomic E-state index is 13.0. The Morgan fingerprint density at radius 1 is 0.972 bits per heavy atom. The third-order valence-electron chi connectivity index (χ3n) is 6.80. The van der Waals surface area contributed by atoms with E-state index < -0.39 is 0 Å². The van der Waals surface area contributed by atoms with Crippen LogP contribution in [0.2, 0.25) is 0 Å². The van der Waals surface area contributed by atoms with Crippen molar-refractivity contribution >= 4 is 29.4 Å². The second-order valence-electron chi connectivity index (χ2n) is 9.30. The van der Waals surface area contributed by atoms with E-state index in [4.69, 9.17) is 9.73 Å². The summed E-state index contributed by atoms with van der Waals surface area (Å²) in [6, 6.07) is 19.3. The molecule has 5 nitrogen and oxygen atoms in total. The van der Waals surface area contributed by atoms with Crippen LogP contribution >= 0.6 is 0 Å². The van der Waals surface area contributed by atoms with Crippen LogP contribution in [-0.4, -0.2) is 29.4 Å². The molecular weight excluding hydrogens is 446 g/mol. The van der Waals surface area contributed by atoms with E-state index in [-0.39, 0.29) is 11.9 Å². The van der Waals surface area contributed by atoms with Crippen LogP contribution in [0.3, 0.4) is 0 Å². The van der Waals surface area contributed by atoms with E-state index in [1.54, 1.807) is 4.90 Å². The van der Waals surface area contributed by atoms with Gasteiger partial charge in [-0.2, -0.15) is 0 Å². The molecule has 5 rings (SSSR count). The summed E-state index contributed by atoms with van der Waals surface area (Å²) in [5, 5.41) is 0. The van der Waals surface area contributed by atoms with Crippen molar-refractivity contribution in [2.24, 2.45) is 4.99 Å². The van der Waals surface area contributed by atoms with E-state index in [1.165, 1.54) is 25.0 Å².